The summed E-state index contributed by atoms with van der Waals surface area (Å²) in [7, 11) is 0. The van der Waals surface area contributed by atoms with Gasteiger partial charge in [0.25, 0.3) is 0 Å². The second-order valence-electron chi connectivity index (χ2n) is 3.65. The highest BCUT2D eigenvalue weighted by molar-refractivity contribution is 9.10. The molecule has 15 heavy (non-hydrogen) atoms. The van der Waals surface area contributed by atoms with E-state index in [2.05, 4.69) is 34.8 Å². The molecule has 2 nitrogen and oxygen atoms in total. The van der Waals surface area contributed by atoms with Crippen molar-refractivity contribution < 1.29 is 4.74 Å². The SMILES string of the molecule is CCCC(C)COc1ncc(Br)cc1Cl. The van der Waals surface area contributed by atoms with Crippen LogP contribution in [0, 0.1) is 5.92 Å². The third kappa shape index (κ3) is 4.39. The van der Waals surface area contributed by atoms with Gasteiger partial charge in [-0.05, 0) is 34.3 Å². The van der Waals surface area contributed by atoms with Crippen LogP contribution in [0.25, 0.3) is 0 Å². The third-order valence-corrected chi connectivity index (χ3v) is 2.76. The Morgan fingerprint density at radius 3 is 2.93 bits per heavy atom. The van der Waals surface area contributed by atoms with E-state index >= 15 is 0 Å². The van der Waals surface area contributed by atoms with Crippen molar-refractivity contribution in [1.82, 2.24) is 4.98 Å². The van der Waals surface area contributed by atoms with Crippen molar-refractivity contribution in [3.05, 3.63) is 21.8 Å². The number of rotatable bonds is 5. The monoisotopic (exact) mass is 291 g/mol. The second kappa shape index (κ2) is 6.33. The first kappa shape index (κ1) is 12.8. The Labute approximate surface area is 104 Å². The van der Waals surface area contributed by atoms with E-state index in [1.807, 2.05) is 0 Å². The van der Waals surface area contributed by atoms with Gasteiger partial charge in [0.05, 0.1) is 6.61 Å². The van der Waals surface area contributed by atoms with Crippen molar-refractivity contribution in [3.8, 4) is 5.88 Å². The molecule has 1 aromatic heterocycles. The molecule has 0 aliphatic heterocycles. The molecule has 0 spiro atoms. The molecular weight excluding hydrogens is 277 g/mol. The van der Waals surface area contributed by atoms with E-state index in [-0.39, 0.29) is 0 Å². The van der Waals surface area contributed by atoms with Gasteiger partial charge in [-0.3, -0.25) is 0 Å². The van der Waals surface area contributed by atoms with Gasteiger partial charge in [0, 0.05) is 10.7 Å². The average molecular weight is 293 g/mol. The average Bonchev–Trinajstić information content (AvgIpc) is 2.17. The lowest BCUT2D eigenvalue weighted by molar-refractivity contribution is 0.243. The van der Waals surface area contributed by atoms with Crippen molar-refractivity contribution in [2.75, 3.05) is 6.61 Å². The third-order valence-electron chi connectivity index (χ3n) is 2.06. The van der Waals surface area contributed by atoms with E-state index in [0.717, 1.165) is 10.9 Å². The molecule has 0 amide bonds. The van der Waals surface area contributed by atoms with E-state index < -0.39 is 0 Å². The zero-order chi connectivity index (χ0) is 11.3. The summed E-state index contributed by atoms with van der Waals surface area (Å²) < 4.78 is 6.40. The molecule has 0 aliphatic rings. The maximum Gasteiger partial charge on any atom is 0.232 e. The molecule has 4 heteroatoms. The minimum Gasteiger partial charge on any atom is -0.476 e. The Morgan fingerprint density at radius 1 is 1.60 bits per heavy atom. The standard InChI is InChI=1S/C11H15BrClNO/c1-3-4-8(2)7-15-11-10(13)5-9(12)6-14-11/h5-6,8H,3-4,7H2,1-2H3. The summed E-state index contributed by atoms with van der Waals surface area (Å²) in [6.07, 6.45) is 4.02. The van der Waals surface area contributed by atoms with Gasteiger partial charge in [-0.15, -0.1) is 0 Å². The van der Waals surface area contributed by atoms with E-state index in [1.165, 1.54) is 6.42 Å². The highest BCUT2D eigenvalue weighted by Crippen LogP contribution is 2.25. The van der Waals surface area contributed by atoms with Crippen molar-refractivity contribution in [3.63, 3.8) is 0 Å². The lowest BCUT2D eigenvalue weighted by atomic mass is 10.1. The van der Waals surface area contributed by atoms with Crippen LogP contribution in [0.1, 0.15) is 26.7 Å². The number of hydrogen-bond donors (Lipinski definition) is 0. The van der Waals surface area contributed by atoms with Crippen LogP contribution in [0.2, 0.25) is 5.02 Å². The lowest BCUT2D eigenvalue weighted by Crippen LogP contribution is -2.09. The molecule has 84 valence electrons. The summed E-state index contributed by atoms with van der Waals surface area (Å²) in [5, 5.41) is 0.549. The summed E-state index contributed by atoms with van der Waals surface area (Å²) in [6.45, 7) is 5.00. The van der Waals surface area contributed by atoms with Crippen LogP contribution in [0.15, 0.2) is 16.7 Å². The van der Waals surface area contributed by atoms with Gasteiger partial charge in [-0.25, -0.2) is 4.98 Å². The minimum atomic E-state index is 0.516. The Bertz CT molecular complexity index is 319. The molecule has 0 saturated carbocycles. The first-order valence-electron chi connectivity index (χ1n) is 5.07. The molecule has 0 fully saturated rings. The number of hydrogen-bond acceptors (Lipinski definition) is 2. The molecule has 1 atom stereocenters. The van der Waals surface area contributed by atoms with Crippen LogP contribution >= 0.6 is 27.5 Å². The fourth-order valence-electron chi connectivity index (χ4n) is 1.31. The summed E-state index contributed by atoms with van der Waals surface area (Å²) in [4.78, 5) is 4.11. The minimum absolute atomic E-state index is 0.516. The number of aromatic nitrogens is 1. The molecule has 0 aromatic carbocycles. The molecule has 1 aromatic rings. The zero-order valence-corrected chi connectivity index (χ0v) is 11.3. The Hall–Kier alpha value is -0.280. The number of pyridine rings is 1. The summed E-state index contributed by atoms with van der Waals surface area (Å²) in [6, 6.07) is 1.79. The summed E-state index contributed by atoms with van der Waals surface area (Å²) in [5.41, 5.74) is 0. The van der Waals surface area contributed by atoms with Crippen LogP contribution < -0.4 is 4.74 Å². The van der Waals surface area contributed by atoms with Crippen molar-refractivity contribution in [2.24, 2.45) is 5.92 Å². The maximum atomic E-state index is 5.97. The van der Waals surface area contributed by atoms with Crippen LogP contribution in [-0.2, 0) is 0 Å². The van der Waals surface area contributed by atoms with Crippen molar-refractivity contribution in [2.45, 2.75) is 26.7 Å². The highest BCUT2D eigenvalue weighted by atomic mass is 79.9. The van der Waals surface area contributed by atoms with E-state index in [9.17, 15) is 0 Å². The summed E-state index contributed by atoms with van der Waals surface area (Å²) in [5.74, 6) is 1.05. The van der Waals surface area contributed by atoms with Crippen LogP contribution in [0.3, 0.4) is 0 Å². The molecule has 0 saturated heterocycles. The smallest absolute Gasteiger partial charge is 0.232 e. The van der Waals surface area contributed by atoms with Gasteiger partial charge >= 0.3 is 0 Å². The predicted octanol–water partition coefficient (Wildman–Crippen LogP) is 4.31. The molecule has 1 rings (SSSR count). The molecule has 0 N–H and O–H groups in total. The first-order chi connectivity index (χ1) is 7.13. The fourth-order valence-corrected chi connectivity index (χ4v) is 1.99. The first-order valence-corrected chi connectivity index (χ1v) is 6.24. The van der Waals surface area contributed by atoms with Gasteiger partial charge < -0.3 is 4.74 Å². The topological polar surface area (TPSA) is 22.1 Å². The highest BCUT2D eigenvalue weighted by Gasteiger charge is 2.06. The van der Waals surface area contributed by atoms with Crippen molar-refractivity contribution >= 4 is 27.5 Å². The van der Waals surface area contributed by atoms with E-state index in [0.29, 0.717) is 23.4 Å². The zero-order valence-electron chi connectivity index (χ0n) is 8.96. The number of halogens is 2. The quantitative estimate of drug-likeness (QED) is 0.806. The molecule has 1 unspecified atom stereocenters. The summed E-state index contributed by atoms with van der Waals surface area (Å²) >= 11 is 9.27. The van der Waals surface area contributed by atoms with Crippen LogP contribution in [0.4, 0.5) is 0 Å². The molecule has 1 heterocycles. The number of ether oxygens (including phenoxy) is 1. The number of nitrogens with zero attached hydrogens (tertiary/aromatic N) is 1. The Kier molecular flexibility index (Phi) is 5.40. The van der Waals surface area contributed by atoms with Gasteiger partial charge in [-0.2, -0.15) is 0 Å². The predicted molar refractivity (Wildman–Crippen MR) is 66.5 cm³/mol. The fraction of sp³-hybridized carbons (Fsp3) is 0.545. The second-order valence-corrected chi connectivity index (χ2v) is 4.97. The largest absolute Gasteiger partial charge is 0.476 e. The van der Waals surface area contributed by atoms with Crippen LogP contribution in [-0.4, -0.2) is 11.6 Å². The molecule has 0 bridgehead atoms. The van der Waals surface area contributed by atoms with Crippen LogP contribution in [0.5, 0.6) is 5.88 Å². The van der Waals surface area contributed by atoms with Gasteiger partial charge in [-0.1, -0.05) is 31.9 Å². The normalized spacial score (nSPS) is 12.5. The maximum absolute atomic E-state index is 5.97. The van der Waals surface area contributed by atoms with Crippen molar-refractivity contribution in [1.29, 1.82) is 0 Å². The molecule has 0 radical (unpaired) electrons. The molecular formula is C11H15BrClNO. The molecule has 0 aliphatic carbocycles. The van der Waals surface area contributed by atoms with Gasteiger partial charge in [0.15, 0.2) is 0 Å². The van der Waals surface area contributed by atoms with E-state index in [1.54, 1.807) is 12.3 Å². The van der Waals surface area contributed by atoms with E-state index in [4.69, 9.17) is 16.3 Å². The van der Waals surface area contributed by atoms with Gasteiger partial charge in [0.2, 0.25) is 5.88 Å². The Morgan fingerprint density at radius 2 is 2.33 bits per heavy atom. The Balaban J connectivity index is 2.50. The lowest BCUT2D eigenvalue weighted by Gasteiger charge is -2.12. The van der Waals surface area contributed by atoms with Gasteiger partial charge in [0.1, 0.15) is 5.02 Å².